The minimum atomic E-state index is -1.06. The third-order valence-corrected chi connectivity index (χ3v) is 4.48. The molecule has 32 heavy (non-hydrogen) atoms. The zero-order chi connectivity index (χ0) is 24.1. The number of nitrogens with one attached hydrogen (secondary N) is 3. The van der Waals surface area contributed by atoms with E-state index in [4.69, 9.17) is 0 Å². The number of hydrogen-bond acceptors (Lipinski definition) is 9. The molecule has 0 aromatic rings. The molecule has 1 unspecified atom stereocenters. The number of carbonyl (C=O) groups excluding carboxylic acids is 6. The van der Waals surface area contributed by atoms with Crippen molar-refractivity contribution in [3.63, 3.8) is 0 Å². The Morgan fingerprint density at radius 2 is 1.66 bits per heavy atom. The maximum absolute atomic E-state index is 13.0. The Morgan fingerprint density at radius 1 is 1.03 bits per heavy atom. The summed E-state index contributed by atoms with van der Waals surface area (Å²) in [4.78, 5) is 73.6. The molecule has 0 aliphatic carbocycles. The zero-order valence-corrected chi connectivity index (χ0v) is 18.3. The molecular formula is C19H29N5O8. The van der Waals surface area contributed by atoms with Gasteiger partial charge in [0, 0.05) is 31.7 Å². The van der Waals surface area contributed by atoms with E-state index in [0.717, 1.165) is 29.1 Å². The summed E-state index contributed by atoms with van der Waals surface area (Å²) in [5.41, 5.74) is 0. The number of methoxy groups -OCH3 is 2. The molecule has 1 aliphatic rings. The maximum Gasteiger partial charge on any atom is 0.407 e. The van der Waals surface area contributed by atoms with Crippen LogP contribution in [-0.2, 0) is 28.7 Å². The van der Waals surface area contributed by atoms with Crippen LogP contribution in [0, 0.1) is 0 Å². The van der Waals surface area contributed by atoms with Crippen molar-refractivity contribution in [2.24, 2.45) is 0 Å². The fraction of sp³-hybridized carbons (Fsp3) is 0.579. The highest BCUT2D eigenvalue weighted by molar-refractivity contribution is 6.13. The van der Waals surface area contributed by atoms with Crippen molar-refractivity contribution in [2.45, 2.75) is 31.7 Å². The molecule has 0 bridgehead atoms. The first-order valence-corrected chi connectivity index (χ1v) is 9.93. The van der Waals surface area contributed by atoms with Crippen molar-refractivity contribution >= 4 is 35.8 Å². The summed E-state index contributed by atoms with van der Waals surface area (Å²) in [7, 11) is 3.92. The van der Waals surface area contributed by atoms with Crippen LogP contribution in [0.25, 0.3) is 0 Å². The first kappa shape index (κ1) is 26.6. The SMILES string of the molecule is CNCN(C(=O)CCN1C(=O)C=CC1=O)C(=O)C(CCCCNC(=O)OC)NC(=O)OC. The molecule has 3 N–H and O–H groups in total. The summed E-state index contributed by atoms with van der Waals surface area (Å²) >= 11 is 0. The molecule has 13 heteroatoms. The highest BCUT2D eigenvalue weighted by Gasteiger charge is 2.31. The third-order valence-electron chi connectivity index (χ3n) is 4.48. The van der Waals surface area contributed by atoms with Gasteiger partial charge in [-0.3, -0.25) is 29.0 Å². The van der Waals surface area contributed by atoms with E-state index < -0.39 is 41.9 Å². The van der Waals surface area contributed by atoms with Gasteiger partial charge in [0.15, 0.2) is 0 Å². The molecule has 0 radical (unpaired) electrons. The number of rotatable bonds is 12. The molecule has 1 atom stereocenters. The number of hydrogen-bond donors (Lipinski definition) is 3. The smallest absolute Gasteiger partial charge is 0.407 e. The van der Waals surface area contributed by atoms with E-state index in [1.807, 2.05) is 0 Å². The predicted octanol–water partition coefficient (Wildman–Crippen LogP) is -0.915. The van der Waals surface area contributed by atoms with Gasteiger partial charge < -0.3 is 25.4 Å². The summed E-state index contributed by atoms with van der Waals surface area (Å²) in [5, 5.41) is 7.62. The second kappa shape index (κ2) is 13.7. The Bertz CT molecular complexity index is 736. The Balaban J connectivity index is 2.75. The van der Waals surface area contributed by atoms with Crippen molar-refractivity contribution in [3.8, 4) is 0 Å². The Kier molecular flexibility index (Phi) is 11.4. The average Bonchev–Trinajstić information content (AvgIpc) is 3.10. The molecule has 1 aliphatic heterocycles. The molecule has 0 aromatic carbocycles. The first-order chi connectivity index (χ1) is 15.2. The van der Waals surface area contributed by atoms with Crippen LogP contribution >= 0.6 is 0 Å². The third kappa shape index (κ3) is 8.34. The van der Waals surface area contributed by atoms with Crippen LogP contribution in [0.5, 0.6) is 0 Å². The van der Waals surface area contributed by atoms with E-state index in [0.29, 0.717) is 19.4 Å². The minimum Gasteiger partial charge on any atom is -0.453 e. The molecule has 0 fully saturated rings. The molecular weight excluding hydrogens is 426 g/mol. The highest BCUT2D eigenvalue weighted by atomic mass is 16.5. The largest absolute Gasteiger partial charge is 0.453 e. The van der Waals surface area contributed by atoms with Gasteiger partial charge >= 0.3 is 12.2 Å². The second-order valence-corrected chi connectivity index (χ2v) is 6.69. The van der Waals surface area contributed by atoms with E-state index in [2.05, 4.69) is 25.4 Å². The van der Waals surface area contributed by atoms with Crippen molar-refractivity contribution in [1.29, 1.82) is 0 Å². The normalized spacial score (nSPS) is 13.5. The van der Waals surface area contributed by atoms with Gasteiger partial charge in [-0.25, -0.2) is 9.59 Å². The van der Waals surface area contributed by atoms with E-state index in [1.54, 1.807) is 0 Å². The Labute approximate surface area is 185 Å². The van der Waals surface area contributed by atoms with Crippen molar-refractivity contribution in [3.05, 3.63) is 12.2 Å². The predicted molar refractivity (Wildman–Crippen MR) is 110 cm³/mol. The summed E-state index contributed by atoms with van der Waals surface area (Å²) in [6.45, 7) is -0.0107. The molecule has 0 aromatic heterocycles. The lowest BCUT2D eigenvalue weighted by Gasteiger charge is -2.26. The number of imide groups is 2. The lowest BCUT2D eigenvalue weighted by molar-refractivity contribution is -0.147. The standard InChI is InChI=1S/C19H29N5O8/c1-20-12-24(16(27)9-11-23-14(25)7-8-15(23)26)17(28)13(22-19(30)32-3)6-4-5-10-21-18(29)31-2/h7-8,13,20H,4-6,9-12H2,1-3H3,(H,21,29)(H,22,30). The maximum atomic E-state index is 13.0. The molecule has 6 amide bonds. The summed E-state index contributed by atoms with van der Waals surface area (Å²) < 4.78 is 9.02. The van der Waals surface area contributed by atoms with Crippen LogP contribution in [0.1, 0.15) is 25.7 Å². The van der Waals surface area contributed by atoms with Gasteiger partial charge in [-0.1, -0.05) is 0 Å². The minimum absolute atomic E-state index is 0.138. The van der Waals surface area contributed by atoms with Crippen LogP contribution in [-0.4, -0.2) is 92.7 Å². The van der Waals surface area contributed by atoms with Crippen LogP contribution in [0.3, 0.4) is 0 Å². The molecule has 178 valence electrons. The quantitative estimate of drug-likeness (QED) is 0.192. The van der Waals surface area contributed by atoms with Crippen LogP contribution in [0.15, 0.2) is 12.2 Å². The van der Waals surface area contributed by atoms with Gasteiger partial charge in [0.05, 0.1) is 20.9 Å². The number of nitrogens with zero attached hydrogens (tertiary/aromatic N) is 2. The van der Waals surface area contributed by atoms with E-state index in [9.17, 15) is 28.8 Å². The lowest BCUT2D eigenvalue weighted by Crippen LogP contribution is -2.53. The molecule has 0 saturated heterocycles. The van der Waals surface area contributed by atoms with Crippen LogP contribution in [0.2, 0.25) is 0 Å². The van der Waals surface area contributed by atoms with Crippen molar-refractivity contribution in [2.75, 3.05) is 41.0 Å². The van der Waals surface area contributed by atoms with Gasteiger partial charge in [0.1, 0.15) is 6.04 Å². The first-order valence-electron chi connectivity index (χ1n) is 9.93. The fourth-order valence-electron chi connectivity index (χ4n) is 2.82. The highest BCUT2D eigenvalue weighted by Crippen LogP contribution is 2.09. The van der Waals surface area contributed by atoms with Gasteiger partial charge in [0.2, 0.25) is 5.91 Å². The number of alkyl carbamates (subject to hydrolysis) is 2. The molecule has 0 spiro atoms. The van der Waals surface area contributed by atoms with Crippen LogP contribution < -0.4 is 16.0 Å². The monoisotopic (exact) mass is 455 g/mol. The van der Waals surface area contributed by atoms with Gasteiger partial charge in [0.25, 0.3) is 17.7 Å². The van der Waals surface area contributed by atoms with E-state index >= 15 is 0 Å². The summed E-state index contributed by atoms with van der Waals surface area (Å²) in [6.07, 6.45) is 1.64. The molecule has 1 rings (SSSR count). The van der Waals surface area contributed by atoms with Gasteiger partial charge in [-0.2, -0.15) is 0 Å². The number of ether oxygens (including phenoxy) is 2. The fourth-order valence-corrected chi connectivity index (χ4v) is 2.82. The Morgan fingerprint density at radius 3 is 2.22 bits per heavy atom. The van der Waals surface area contributed by atoms with E-state index in [1.165, 1.54) is 14.2 Å². The zero-order valence-electron chi connectivity index (χ0n) is 18.3. The summed E-state index contributed by atoms with van der Waals surface area (Å²) in [5.74, 6) is -2.35. The molecule has 0 saturated carbocycles. The van der Waals surface area contributed by atoms with Crippen LogP contribution in [0.4, 0.5) is 9.59 Å². The average molecular weight is 455 g/mol. The number of amides is 6. The Hall–Kier alpha value is -3.48. The van der Waals surface area contributed by atoms with Gasteiger partial charge in [-0.15, -0.1) is 0 Å². The molecule has 1 heterocycles. The van der Waals surface area contributed by atoms with E-state index in [-0.39, 0.29) is 26.1 Å². The summed E-state index contributed by atoms with van der Waals surface area (Å²) in [6, 6.07) is -1.06. The molecule has 13 nitrogen and oxygen atoms in total. The number of unbranched alkanes of at least 4 members (excludes halogenated alkanes) is 1. The van der Waals surface area contributed by atoms with Crippen molar-refractivity contribution < 1.29 is 38.2 Å². The van der Waals surface area contributed by atoms with Crippen molar-refractivity contribution in [1.82, 2.24) is 25.8 Å². The lowest BCUT2D eigenvalue weighted by atomic mass is 10.1. The van der Waals surface area contributed by atoms with Gasteiger partial charge in [-0.05, 0) is 26.3 Å². The number of carbonyl (C=O) groups is 6. The second-order valence-electron chi connectivity index (χ2n) is 6.69. The topological polar surface area (TPSA) is 163 Å².